The Bertz CT molecular complexity index is 818. The number of aryl methyl sites for hydroxylation is 1. The van der Waals surface area contributed by atoms with E-state index in [1.165, 1.54) is 11.1 Å². The number of amides is 1. The van der Waals surface area contributed by atoms with Crippen LogP contribution >= 0.6 is 0 Å². The molecular formula is C22H25NO4. The second-order valence-corrected chi connectivity index (χ2v) is 6.67. The van der Waals surface area contributed by atoms with Crippen LogP contribution < -0.4 is 14.8 Å². The monoisotopic (exact) mass is 367 g/mol. The lowest BCUT2D eigenvalue weighted by molar-refractivity contribution is -0.128. The van der Waals surface area contributed by atoms with Crippen LogP contribution in [0.2, 0.25) is 0 Å². The van der Waals surface area contributed by atoms with Gasteiger partial charge in [-0.15, -0.1) is 0 Å². The Morgan fingerprint density at radius 3 is 2.85 bits per heavy atom. The summed E-state index contributed by atoms with van der Waals surface area (Å²) in [5, 5.41) is 3.11. The molecule has 3 rings (SSSR count). The number of aldehydes is 1. The number of carbonyl (C=O) groups excluding carboxylic acids is 2. The van der Waals surface area contributed by atoms with E-state index in [1.807, 2.05) is 19.1 Å². The van der Waals surface area contributed by atoms with E-state index in [9.17, 15) is 9.59 Å². The van der Waals surface area contributed by atoms with Crippen LogP contribution in [0.5, 0.6) is 11.5 Å². The van der Waals surface area contributed by atoms with Crippen molar-refractivity contribution < 1.29 is 19.1 Å². The highest BCUT2D eigenvalue weighted by Crippen LogP contribution is 2.31. The van der Waals surface area contributed by atoms with Gasteiger partial charge in [0.05, 0.1) is 12.6 Å². The van der Waals surface area contributed by atoms with E-state index in [1.54, 1.807) is 25.1 Å². The van der Waals surface area contributed by atoms with Crippen molar-refractivity contribution in [3.63, 3.8) is 0 Å². The highest BCUT2D eigenvalue weighted by atomic mass is 16.5. The number of ether oxygens (including phenoxy) is 2. The third kappa shape index (κ3) is 4.48. The molecule has 2 atom stereocenters. The average molecular weight is 367 g/mol. The molecule has 0 spiro atoms. The summed E-state index contributed by atoms with van der Waals surface area (Å²) in [5.74, 6) is 0.748. The minimum Gasteiger partial charge on any atom is -0.490 e. The number of benzene rings is 2. The fraction of sp³-hybridized carbons (Fsp3) is 0.364. The number of rotatable bonds is 7. The summed E-state index contributed by atoms with van der Waals surface area (Å²) in [6, 6.07) is 13.2. The number of hydrogen-bond acceptors (Lipinski definition) is 4. The van der Waals surface area contributed by atoms with Crippen LogP contribution in [0.4, 0.5) is 0 Å². The van der Waals surface area contributed by atoms with Gasteiger partial charge in [0.1, 0.15) is 6.29 Å². The van der Waals surface area contributed by atoms with Crippen molar-refractivity contribution in [2.45, 2.75) is 45.3 Å². The van der Waals surface area contributed by atoms with Gasteiger partial charge in [0.2, 0.25) is 0 Å². The predicted molar refractivity (Wildman–Crippen MR) is 103 cm³/mol. The van der Waals surface area contributed by atoms with E-state index >= 15 is 0 Å². The molecule has 1 amide bonds. The van der Waals surface area contributed by atoms with Gasteiger partial charge in [0, 0.05) is 5.56 Å². The second kappa shape index (κ2) is 8.71. The molecule has 0 fully saturated rings. The smallest absolute Gasteiger partial charge is 0.261 e. The molecule has 0 aromatic heterocycles. The van der Waals surface area contributed by atoms with Crippen LogP contribution in [0.1, 0.15) is 54.2 Å². The Kier molecular flexibility index (Phi) is 6.12. The molecule has 0 unspecified atom stereocenters. The third-order valence-electron chi connectivity index (χ3n) is 4.76. The Morgan fingerprint density at radius 2 is 2.07 bits per heavy atom. The number of hydrogen-bond donors (Lipinski definition) is 1. The van der Waals surface area contributed by atoms with Crippen molar-refractivity contribution >= 4 is 12.2 Å². The summed E-state index contributed by atoms with van der Waals surface area (Å²) in [7, 11) is 0. The Balaban J connectivity index is 1.69. The van der Waals surface area contributed by atoms with Crippen LogP contribution in [0.25, 0.3) is 0 Å². The van der Waals surface area contributed by atoms with Crippen LogP contribution in [0, 0.1) is 0 Å². The number of carbonyl (C=O) groups is 2. The summed E-state index contributed by atoms with van der Waals surface area (Å²) in [6.45, 7) is 4.01. The fourth-order valence-electron chi connectivity index (χ4n) is 3.40. The zero-order valence-corrected chi connectivity index (χ0v) is 15.7. The standard InChI is InChI=1S/C22H25NO4/c1-3-26-21-13-16(14-24)11-12-20(21)27-15(2)22(25)23-19-10-6-8-17-7-4-5-9-18(17)19/h4-5,7,9,11-15,19H,3,6,8,10H2,1-2H3,(H,23,25)/t15-,19-/m1/s1. The predicted octanol–water partition coefficient (Wildman–Crippen LogP) is 3.86. The normalized spacial score (nSPS) is 16.7. The van der Waals surface area contributed by atoms with Crippen molar-refractivity contribution in [1.29, 1.82) is 0 Å². The van der Waals surface area contributed by atoms with E-state index in [0.717, 1.165) is 25.5 Å². The van der Waals surface area contributed by atoms with Gasteiger partial charge in [-0.3, -0.25) is 9.59 Å². The lowest BCUT2D eigenvalue weighted by Crippen LogP contribution is -2.39. The molecular weight excluding hydrogens is 342 g/mol. The van der Waals surface area contributed by atoms with Crippen molar-refractivity contribution in [1.82, 2.24) is 5.32 Å². The molecule has 5 heteroatoms. The van der Waals surface area contributed by atoms with Gasteiger partial charge < -0.3 is 14.8 Å². The Labute approximate surface area is 159 Å². The highest BCUT2D eigenvalue weighted by molar-refractivity contribution is 5.81. The van der Waals surface area contributed by atoms with Gasteiger partial charge in [-0.2, -0.15) is 0 Å². The summed E-state index contributed by atoms with van der Waals surface area (Å²) in [6.07, 6.45) is 3.10. The summed E-state index contributed by atoms with van der Waals surface area (Å²) < 4.78 is 11.4. The molecule has 2 aromatic carbocycles. The van der Waals surface area contributed by atoms with Crippen LogP contribution in [0.15, 0.2) is 42.5 Å². The molecule has 0 saturated carbocycles. The van der Waals surface area contributed by atoms with Crippen molar-refractivity contribution in [2.75, 3.05) is 6.61 Å². The molecule has 1 aliphatic rings. The zero-order chi connectivity index (χ0) is 19.2. The molecule has 1 aliphatic carbocycles. The molecule has 0 saturated heterocycles. The fourth-order valence-corrected chi connectivity index (χ4v) is 3.40. The molecule has 0 bridgehead atoms. The lowest BCUT2D eigenvalue weighted by atomic mass is 9.87. The lowest BCUT2D eigenvalue weighted by Gasteiger charge is -2.27. The van der Waals surface area contributed by atoms with E-state index in [0.29, 0.717) is 23.7 Å². The van der Waals surface area contributed by atoms with E-state index in [-0.39, 0.29) is 11.9 Å². The molecule has 1 N–H and O–H groups in total. The first kappa shape index (κ1) is 19.0. The summed E-state index contributed by atoms with van der Waals surface area (Å²) in [5.41, 5.74) is 2.99. The average Bonchev–Trinajstić information content (AvgIpc) is 2.69. The number of nitrogens with one attached hydrogen (secondary N) is 1. The van der Waals surface area contributed by atoms with Gasteiger partial charge in [-0.25, -0.2) is 0 Å². The molecule has 0 heterocycles. The molecule has 142 valence electrons. The van der Waals surface area contributed by atoms with Crippen LogP contribution in [0.3, 0.4) is 0 Å². The van der Waals surface area contributed by atoms with Gasteiger partial charge >= 0.3 is 0 Å². The first-order valence-corrected chi connectivity index (χ1v) is 9.39. The summed E-state index contributed by atoms with van der Waals surface area (Å²) in [4.78, 5) is 23.7. The maximum absolute atomic E-state index is 12.7. The van der Waals surface area contributed by atoms with Gasteiger partial charge in [-0.05, 0) is 62.4 Å². The minimum absolute atomic E-state index is 0.0114. The zero-order valence-electron chi connectivity index (χ0n) is 15.7. The molecule has 5 nitrogen and oxygen atoms in total. The van der Waals surface area contributed by atoms with Crippen molar-refractivity contribution in [3.05, 3.63) is 59.2 Å². The summed E-state index contributed by atoms with van der Waals surface area (Å²) >= 11 is 0. The molecule has 0 radical (unpaired) electrons. The van der Waals surface area contributed by atoms with Crippen molar-refractivity contribution in [3.8, 4) is 11.5 Å². The largest absolute Gasteiger partial charge is 0.490 e. The van der Waals surface area contributed by atoms with E-state index in [2.05, 4.69) is 17.4 Å². The van der Waals surface area contributed by atoms with Crippen LogP contribution in [-0.4, -0.2) is 24.9 Å². The first-order chi connectivity index (χ1) is 13.1. The van der Waals surface area contributed by atoms with Gasteiger partial charge in [-0.1, -0.05) is 24.3 Å². The number of fused-ring (bicyclic) bond motifs is 1. The van der Waals surface area contributed by atoms with E-state index in [4.69, 9.17) is 9.47 Å². The highest BCUT2D eigenvalue weighted by Gasteiger charge is 2.25. The van der Waals surface area contributed by atoms with E-state index < -0.39 is 6.10 Å². The third-order valence-corrected chi connectivity index (χ3v) is 4.76. The maximum Gasteiger partial charge on any atom is 0.261 e. The first-order valence-electron chi connectivity index (χ1n) is 9.39. The second-order valence-electron chi connectivity index (χ2n) is 6.67. The maximum atomic E-state index is 12.7. The Hall–Kier alpha value is -2.82. The molecule has 27 heavy (non-hydrogen) atoms. The topological polar surface area (TPSA) is 64.6 Å². The van der Waals surface area contributed by atoms with Gasteiger partial charge in [0.25, 0.3) is 5.91 Å². The van der Waals surface area contributed by atoms with Gasteiger partial charge in [0.15, 0.2) is 17.6 Å². The van der Waals surface area contributed by atoms with Crippen LogP contribution in [-0.2, 0) is 11.2 Å². The minimum atomic E-state index is -0.680. The van der Waals surface area contributed by atoms with Crippen molar-refractivity contribution in [2.24, 2.45) is 0 Å². The Morgan fingerprint density at radius 1 is 1.26 bits per heavy atom. The SMILES string of the molecule is CCOc1cc(C=O)ccc1O[C@H](C)C(=O)N[C@@H]1CCCc2ccccc21. The molecule has 0 aliphatic heterocycles. The molecule has 2 aromatic rings. The quantitative estimate of drug-likeness (QED) is 0.755.